The largest absolute Gasteiger partial charge is 0.464 e. The summed E-state index contributed by atoms with van der Waals surface area (Å²) < 4.78 is 4.70. The highest BCUT2D eigenvalue weighted by Gasteiger charge is 2.27. The maximum atomic E-state index is 11.1. The Balaban J connectivity index is 2.31. The fourth-order valence-electron chi connectivity index (χ4n) is 1.11. The van der Waals surface area contributed by atoms with Crippen LogP contribution >= 0.6 is 0 Å². The fourth-order valence-corrected chi connectivity index (χ4v) is 1.11. The lowest BCUT2D eigenvalue weighted by molar-refractivity contribution is -0.141. The predicted molar refractivity (Wildman–Crippen MR) is 46.9 cm³/mol. The van der Waals surface area contributed by atoms with Crippen LogP contribution in [0.15, 0.2) is 12.2 Å². The Morgan fingerprint density at radius 3 is 3.08 bits per heavy atom. The molecule has 13 heavy (non-hydrogen) atoms. The minimum absolute atomic E-state index is 0.137. The minimum Gasteiger partial charge on any atom is -0.464 e. The summed E-state index contributed by atoms with van der Waals surface area (Å²) in [5, 5.41) is 2.60. The Morgan fingerprint density at radius 2 is 2.54 bits per heavy atom. The van der Waals surface area contributed by atoms with Gasteiger partial charge in [0, 0.05) is 12.8 Å². The molecule has 0 aliphatic carbocycles. The van der Waals surface area contributed by atoms with Gasteiger partial charge in [-0.1, -0.05) is 12.2 Å². The zero-order valence-corrected chi connectivity index (χ0v) is 7.58. The van der Waals surface area contributed by atoms with E-state index in [9.17, 15) is 9.59 Å². The molecule has 0 radical (unpaired) electrons. The number of amides is 1. The smallest absolute Gasteiger partial charge is 0.328 e. The molecule has 0 unspecified atom stereocenters. The van der Waals surface area contributed by atoms with Gasteiger partial charge in [-0.25, -0.2) is 4.79 Å². The molecule has 1 amide bonds. The fraction of sp³-hybridized carbons (Fsp3) is 0.556. The first-order chi connectivity index (χ1) is 6.24. The summed E-state index contributed by atoms with van der Waals surface area (Å²) in [5.74, 6) is -0.462. The van der Waals surface area contributed by atoms with E-state index in [0.717, 1.165) is 0 Å². The van der Waals surface area contributed by atoms with Crippen LogP contribution in [0.2, 0.25) is 0 Å². The molecule has 1 rings (SSSR count). The standard InChI is InChI=1S/C9H13NO3/c1-2-3-4-8(11)10-7-5-6-13-9(7)12/h2-3,7H,4-6H2,1H3,(H,10,11)/b3-2-/t7-/m0/s1. The Bertz CT molecular complexity index is 235. The van der Waals surface area contributed by atoms with Crippen LogP contribution in [-0.4, -0.2) is 24.5 Å². The van der Waals surface area contributed by atoms with E-state index in [-0.39, 0.29) is 11.9 Å². The molecule has 1 heterocycles. The molecular formula is C9H13NO3. The van der Waals surface area contributed by atoms with Gasteiger partial charge in [0.25, 0.3) is 0 Å². The molecule has 4 nitrogen and oxygen atoms in total. The lowest BCUT2D eigenvalue weighted by Gasteiger charge is -2.06. The first-order valence-corrected chi connectivity index (χ1v) is 4.31. The topological polar surface area (TPSA) is 55.4 Å². The van der Waals surface area contributed by atoms with Crippen molar-refractivity contribution < 1.29 is 14.3 Å². The van der Waals surface area contributed by atoms with Gasteiger partial charge in [-0.2, -0.15) is 0 Å². The molecule has 0 aromatic carbocycles. The number of hydrogen-bond acceptors (Lipinski definition) is 3. The maximum Gasteiger partial charge on any atom is 0.328 e. The minimum atomic E-state index is -0.433. The van der Waals surface area contributed by atoms with Crippen molar-refractivity contribution in [3.63, 3.8) is 0 Å². The number of esters is 1. The molecule has 0 aromatic rings. The normalized spacial score (nSPS) is 21.9. The molecular weight excluding hydrogens is 170 g/mol. The molecule has 1 aliphatic rings. The van der Waals surface area contributed by atoms with Crippen molar-refractivity contribution in [2.24, 2.45) is 0 Å². The van der Waals surface area contributed by atoms with Crippen molar-refractivity contribution in [2.75, 3.05) is 6.61 Å². The van der Waals surface area contributed by atoms with E-state index in [1.807, 2.05) is 6.92 Å². The molecule has 0 bridgehead atoms. The van der Waals surface area contributed by atoms with Crippen molar-refractivity contribution in [1.29, 1.82) is 0 Å². The van der Waals surface area contributed by atoms with Crippen LogP contribution in [0.4, 0.5) is 0 Å². The lowest BCUT2D eigenvalue weighted by Crippen LogP contribution is -2.37. The van der Waals surface area contributed by atoms with Gasteiger partial charge in [-0.3, -0.25) is 4.79 Å². The zero-order valence-electron chi connectivity index (χ0n) is 7.58. The second kappa shape index (κ2) is 4.64. The van der Waals surface area contributed by atoms with E-state index in [1.54, 1.807) is 12.2 Å². The summed E-state index contributed by atoms with van der Waals surface area (Å²) in [5.41, 5.74) is 0. The van der Waals surface area contributed by atoms with Crippen LogP contribution in [-0.2, 0) is 14.3 Å². The second-order valence-corrected chi connectivity index (χ2v) is 2.85. The second-order valence-electron chi connectivity index (χ2n) is 2.85. The van der Waals surface area contributed by atoms with Crippen LogP contribution in [0, 0.1) is 0 Å². The number of carbonyl (C=O) groups excluding carboxylic acids is 2. The van der Waals surface area contributed by atoms with Gasteiger partial charge < -0.3 is 10.1 Å². The van der Waals surface area contributed by atoms with Crippen molar-refractivity contribution in [1.82, 2.24) is 5.32 Å². The van der Waals surface area contributed by atoms with Gasteiger partial charge in [-0.05, 0) is 6.92 Å². The average Bonchev–Trinajstić information content (AvgIpc) is 2.48. The van der Waals surface area contributed by atoms with Crippen LogP contribution < -0.4 is 5.32 Å². The number of carbonyl (C=O) groups is 2. The van der Waals surface area contributed by atoms with Crippen molar-refractivity contribution in [3.05, 3.63) is 12.2 Å². The molecule has 1 aliphatic heterocycles. The predicted octanol–water partition coefficient (Wildman–Crippen LogP) is 0.384. The third-order valence-electron chi connectivity index (χ3n) is 1.81. The van der Waals surface area contributed by atoms with Gasteiger partial charge in [0.1, 0.15) is 6.04 Å². The van der Waals surface area contributed by atoms with Crippen LogP contribution in [0.3, 0.4) is 0 Å². The average molecular weight is 183 g/mol. The van der Waals surface area contributed by atoms with Crippen LogP contribution in [0.25, 0.3) is 0 Å². The van der Waals surface area contributed by atoms with Crippen LogP contribution in [0.5, 0.6) is 0 Å². The van der Waals surface area contributed by atoms with E-state index in [4.69, 9.17) is 4.74 Å². The number of cyclic esters (lactones) is 1. The van der Waals surface area contributed by atoms with Gasteiger partial charge in [0.05, 0.1) is 6.61 Å². The van der Waals surface area contributed by atoms with Gasteiger partial charge in [-0.15, -0.1) is 0 Å². The van der Waals surface area contributed by atoms with E-state index in [2.05, 4.69) is 5.32 Å². The highest BCUT2D eigenvalue weighted by atomic mass is 16.5. The molecule has 1 atom stereocenters. The summed E-state index contributed by atoms with van der Waals surface area (Å²) >= 11 is 0. The molecule has 1 N–H and O–H groups in total. The third-order valence-corrected chi connectivity index (χ3v) is 1.81. The summed E-state index contributed by atoms with van der Waals surface area (Å²) in [6.07, 6.45) is 4.45. The summed E-state index contributed by atoms with van der Waals surface area (Å²) in [7, 11) is 0. The Morgan fingerprint density at radius 1 is 1.77 bits per heavy atom. The maximum absolute atomic E-state index is 11.1. The van der Waals surface area contributed by atoms with Gasteiger partial charge in [0.2, 0.25) is 5.91 Å². The van der Waals surface area contributed by atoms with E-state index < -0.39 is 6.04 Å². The quantitative estimate of drug-likeness (QED) is 0.508. The van der Waals surface area contributed by atoms with Gasteiger partial charge >= 0.3 is 5.97 Å². The Kier molecular flexibility index (Phi) is 3.49. The van der Waals surface area contributed by atoms with Crippen molar-refractivity contribution in [3.8, 4) is 0 Å². The summed E-state index contributed by atoms with van der Waals surface area (Å²) in [6, 6.07) is -0.433. The molecule has 4 heteroatoms. The summed E-state index contributed by atoms with van der Waals surface area (Å²) in [4.78, 5) is 22.1. The number of ether oxygens (including phenoxy) is 1. The number of allylic oxidation sites excluding steroid dienone is 1. The first kappa shape index (κ1) is 9.77. The lowest BCUT2D eigenvalue weighted by atomic mass is 10.2. The van der Waals surface area contributed by atoms with E-state index >= 15 is 0 Å². The van der Waals surface area contributed by atoms with Gasteiger partial charge in [0.15, 0.2) is 0 Å². The third kappa shape index (κ3) is 2.89. The Labute approximate surface area is 76.9 Å². The summed E-state index contributed by atoms with van der Waals surface area (Å²) in [6.45, 7) is 2.25. The SMILES string of the molecule is C/C=C\CC(=O)N[C@H]1CCOC1=O. The molecule has 0 saturated carbocycles. The zero-order chi connectivity index (χ0) is 9.68. The molecule has 0 spiro atoms. The van der Waals surface area contributed by atoms with E-state index in [0.29, 0.717) is 19.4 Å². The highest BCUT2D eigenvalue weighted by Crippen LogP contribution is 2.05. The van der Waals surface area contributed by atoms with Crippen LogP contribution in [0.1, 0.15) is 19.8 Å². The van der Waals surface area contributed by atoms with Crippen molar-refractivity contribution >= 4 is 11.9 Å². The highest BCUT2D eigenvalue weighted by molar-refractivity contribution is 5.85. The molecule has 0 aromatic heterocycles. The monoisotopic (exact) mass is 183 g/mol. The molecule has 1 saturated heterocycles. The number of rotatable bonds is 3. The number of hydrogen-bond donors (Lipinski definition) is 1. The Hall–Kier alpha value is -1.32. The number of nitrogens with one attached hydrogen (secondary N) is 1. The molecule has 1 fully saturated rings. The molecule has 72 valence electrons. The van der Waals surface area contributed by atoms with E-state index in [1.165, 1.54) is 0 Å². The first-order valence-electron chi connectivity index (χ1n) is 4.31. The van der Waals surface area contributed by atoms with Crippen molar-refractivity contribution in [2.45, 2.75) is 25.8 Å².